The second-order valence-electron chi connectivity index (χ2n) is 4.61. The number of nitrogens with one attached hydrogen (secondary N) is 1. The average molecular weight is 303 g/mol. The van der Waals surface area contributed by atoms with Crippen molar-refractivity contribution < 1.29 is 9.21 Å². The lowest BCUT2D eigenvalue weighted by Gasteiger charge is -2.05. The largest absolute Gasteiger partial charge is 0.450 e. The highest BCUT2D eigenvalue weighted by Gasteiger charge is 2.21. The quantitative estimate of drug-likeness (QED) is 0.437. The average Bonchev–Trinajstić information content (AvgIpc) is 3.02. The topological polar surface area (TPSA) is 90.3 Å². The fourth-order valence-corrected chi connectivity index (χ4v) is 2.99. The van der Waals surface area contributed by atoms with E-state index in [4.69, 9.17) is 10.3 Å². The van der Waals surface area contributed by atoms with Gasteiger partial charge in [0.2, 0.25) is 0 Å². The maximum absolute atomic E-state index is 11.9. The number of benzene rings is 1. The van der Waals surface area contributed by atoms with Crippen LogP contribution in [0.5, 0.6) is 0 Å². The Balaban J connectivity index is 2.20. The van der Waals surface area contributed by atoms with Gasteiger partial charge in [0, 0.05) is 22.0 Å². The van der Waals surface area contributed by atoms with Crippen molar-refractivity contribution in [3.63, 3.8) is 0 Å². The number of hydrogen-bond donors (Lipinski definition) is 2. The first-order valence-corrected chi connectivity index (χ1v) is 7.16. The van der Waals surface area contributed by atoms with Gasteiger partial charge in [0.15, 0.2) is 5.76 Å². The lowest BCUT2D eigenvalue weighted by molar-refractivity contribution is 0.0926. The van der Waals surface area contributed by atoms with Crippen LogP contribution in [0.2, 0.25) is 0 Å². The second-order valence-corrected chi connectivity index (χ2v) is 5.43. The Morgan fingerprint density at radius 3 is 2.86 bits per heavy atom. The van der Waals surface area contributed by atoms with E-state index >= 15 is 0 Å². The maximum atomic E-state index is 11.9. The zero-order valence-electron chi connectivity index (χ0n) is 11.3. The molecule has 108 valence electrons. The predicted molar refractivity (Wildman–Crippen MR) is 80.3 cm³/mol. The summed E-state index contributed by atoms with van der Waals surface area (Å²) in [5, 5.41) is 2.58. The molecule has 0 atom stereocenters. The molecule has 0 saturated heterocycles. The lowest BCUT2D eigenvalue weighted by Crippen LogP contribution is -2.30. The summed E-state index contributed by atoms with van der Waals surface area (Å²) in [4.78, 5) is 23.7. The van der Waals surface area contributed by atoms with Gasteiger partial charge in [-0.15, -0.1) is 0 Å². The van der Waals surface area contributed by atoms with Crippen molar-refractivity contribution in [1.82, 2.24) is 9.99 Å². The van der Waals surface area contributed by atoms with Crippen molar-refractivity contribution in [1.29, 1.82) is 0 Å². The number of thiazole rings is 1. The fraction of sp³-hybridized carbons (Fsp3) is 0.143. The molecule has 0 fully saturated rings. The molecule has 6 nitrogen and oxygen atoms in total. The van der Waals surface area contributed by atoms with Crippen LogP contribution >= 0.6 is 11.3 Å². The molecule has 7 heteroatoms. The van der Waals surface area contributed by atoms with Crippen LogP contribution in [0.25, 0.3) is 11.0 Å². The molecule has 0 aliphatic heterocycles. The molecule has 0 unspecified atom stereocenters. The number of nitrogen functional groups attached to an aromatic ring is 1. The van der Waals surface area contributed by atoms with Crippen molar-refractivity contribution in [2.75, 3.05) is 0 Å². The highest BCUT2D eigenvalue weighted by Crippen LogP contribution is 2.26. The Morgan fingerprint density at radius 1 is 1.43 bits per heavy atom. The Morgan fingerprint density at radius 2 is 2.19 bits per heavy atom. The SMILES string of the molecule is Cc1csc(=O)n1Cc1c(C(=O)NN)oc2ccccc12. The number of carbonyl (C=O) groups is 1. The molecule has 21 heavy (non-hydrogen) atoms. The van der Waals surface area contributed by atoms with E-state index in [-0.39, 0.29) is 17.2 Å². The molecule has 2 heterocycles. The van der Waals surface area contributed by atoms with Gasteiger partial charge in [-0.25, -0.2) is 5.84 Å². The van der Waals surface area contributed by atoms with Crippen molar-refractivity contribution in [3.05, 3.63) is 56.3 Å². The normalized spacial score (nSPS) is 11.0. The number of nitrogens with zero attached hydrogens (tertiary/aromatic N) is 1. The molecule has 0 aliphatic rings. The third-order valence-electron chi connectivity index (χ3n) is 3.33. The van der Waals surface area contributed by atoms with E-state index in [9.17, 15) is 9.59 Å². The predicted octanol–water partition coefficient (Wildman–Crippen LogP) is 1.62. The van der Waals surface area contributed by atoms with Gasteiger partial charge in [-0.05, 0) is 13.0 Å². The van der Waals surface area contributed by atoms with Crippen LogP contribution in [0.15, 0.2) is 38.9 Å². The highest BCUT2D eigenvalue weighted by atomic mass is 32.1. The Kier molecular flexibility index (Phi) is 3.36. The summed E-state index contributed by atoms with van der Waals surface area (Å²) < 4.78 is 7.18. The van der Waals surface area contributed by atoms with Gasteiger partial charge in [-0.3, -0.25) is 19.6 Å². The van der Waals surface area contributed by atoms with Crippen molar-refractivity contribution >= 4 is 28.2 Å². The molecule has 0 aliphatic carbocycles. The number of rotatable bonds is 3. The zero-order valence-corrected chi connectivity index (χ0v) is 12.1. The molecule has 0 saturated carbocycles. The maximum Gasteiger partial charge on any atom is 0.307 e. The van der Waals surface area contributed by atoms with Gasteiger partial charge in [0.25, 0.3) is 0 Å². The number of furan rings is 1. The first-order valence-electron chi connectivity index (χ1n) is 6.28. The van der Waals surface area contributed by atoms with Gasteiger partial charge in [0.1, 0.15) is 5.58 Å². The summed E-state index contributed by atoms with van der Waals surface area (Å²) in [6.07, 6.45) is 0. The minimum atomic E-state index is -0.512. The Hall–Kier alpha value is -2.38. The van der Waals surface area contributed by atoms with Gasteiger partial charge >= 0.3 is 10.8 Å². The molecule has 2 aromatic heterocycles. The molecule has 3 N–H and O–H groups in total. The Bertz CT molecular complexity index is 875. The zero-order chi connectivity index (χ0) is 15.0. The standard InChI is InChI=1S/C14H13N3O3S/c1-8-7-21-14(19)17(8)6-10-9-4-2-3-5-11(9)20-12(10)13(18)16-15/h2-5,7H,6,15H2,1H3,(H,16,18). The van der Waals surface area contributed by atoms with Crippen molar-refractivity contribution in [3.8, 4) is 0 Å². The minimum absolute atomic E-state index is 0.0723. The molecule has 0 radical (unpaired) electrons. The summed E-state index contributed by atoms with van der Waals surface area (Å²) in [5.41, 5.74) is 4.16. The molecular formula is C14H13N3O3S. The van der Waals surface area contributed by atoms with E-state index < -0.39 is 5.91 Å². The number of nitrogens with two attached hydrogens (primary N) is 1. The second kappa shape index (κ2) is 5.19. The molecule has 0 spiro atoms. The van der Waals surface area contributed by atoms with E-state index in [1.54, 1.807) is 16.0 Å². The molecule has 3 rings (SSSR count). The molecular weight excluding hydrogens is 290 g/mol. The van der Waals surface area contributed by atoms with Crippen LogP contribution in [0.1, 0.15) is 21.8 Å². The van der Waals surface area contributed by atoms with E-state index in [0.29, 0.717) is 11.1 Å². The molecule has 3 aromatic rings. The smallest absolute Gasteiger partial charge is 0.307 e. The highest BCUT2D eigenvalue weighted by molar-refractivity contribution is 7.07. The minimum Gasteiger partial charge on any atom is -0.450 e. The van der Waals surface area contributed by atoms with Gasteiger partial charge in [-0.1, -0.05) is 29.5 Å². The van der Waals surface area contributed by atoms with Crippen molar-refractivity contribution in [2.45, 2.75) is 13.5 Å². The van der Waals surface area contributed by atoms with Gasteiger partial charge < -0.3 is 4.42 Å². The van der Waals surface area contributed by atoms with Crippen LogP contribution in [0.3, 0.4) is 0 Å². The lowest BCUT2D eigenvalue weighted by atomic mass is 10.1. The Labute approximate surface area is 123 Å². The summed E-state index contributed by atoms with van der Waals surface area (Å²) in [6, 6.07) is 7.31. The third kappa shape index (κ3) is 2.26. The van der Waals surface area contributed by atoms with Crippen LogP contribution in [0.4, 0.5) is 0 Å². The molecule has 0 bridgehead atoms. The number of amides is 1. The van der Waals surface area contributed by atoms with E-state index in [1.165, 1.54) is 0 Å². The number of carbonyl (C=O) groups excluding carboxylic acids is 1. The summed E-state index contributed by atoms with van der Waals surface area (Å²) in [5.74, 6) is 4.83. The number of aryl methyl sites for hydroxylation is 1. The van der Waals surface area contributed by atoms with E-state index in [0.717, 1.165) is 22.4 Å². The molecule has 1 amide bonds. The summed E-state index contributed by atoms with van der Waals surface area (Å²) in [7, 11) is 0. The monoisotopic (exact) mass is 303 g/mol. The van der Waals surface area contributed by atoms with E-state index in [1.807, 2.05) is 25.1 Å². The van der Waals surface area contributed by atoms with Crippen molar-refractivity contribution in [2.24, 2.45) is 5.84 Å². The first-order chi connectivity index (χ1) is 10.1. The number of hydrazine groups is 1. The van der Waals surface area contributed by atoms with Crippen LogP contribution in [0, 0.1) is 6.92 Å². The van der Waals surface area contributed by atoms with Gasteiger partial charge in [-0.2, -0.15) is 0 Å². The van der Waals surface area contributed by atoms with E-state index in [2.05, 4.69) is 5.43 Å². The fourth-order valence-electron chi connectivity index (χ4n) is 2.26. The summed E-state index contributed by atoms with van der Waals surface area (Å²) in [6.45, 7) is 2.12. The number of fused-ring (bicyclic) bond motifs is 1. The summed E-state index contributed by atoms with van der Waals surface area (Å²) >= 11 is 1.13. The number of aromatic nitrogens is 1. The number of hydrogen-bond acceptors (Lipinski definition) is 5. The first kappa shape index (κ1) is 13.6. The van der Waals surface area contributed by atoms with Gasteiger partial charge in [0.05, 0.1) is 6.54 Å². The van der Waals surface area contributed by atoms with Crippen LogP contribution in [-0.2, 0) is 6.54 Å². The number of para-hydroxylation sites is 1. The third-order valence-corrected chi connectivity index (χ3v) is 4.21. The molecule has 1 aromatic carbocycles. The van der Waals surface area contributed by atoms with Crippen LogP contribution < -0.4 is 16.1 Å². The van der Waals surface area contributed by atoms with Crippen LogP contribution in [-0.4, -0.2) is 10.5 Å².